The summed E-state index contributed by atoms with van der Waals surface area (Å²) < 4.78 is 50.6. The third-order valence-corrected chi connectivity index (χ3v) is 3.12. The lowest BCUT2D eigenvalue weighted by molar-refractivity contribution is -0.137. The van der Waals surface area contributed by atoms with Gasteiger partial charge in [0.15, 0.2) is 5.82 Å². The van der Waals surface area contributed by atoms with Crippen molar-refractivity contribution in [1.82, 2.24) is 14.8 Å². The quantitative estimate of drug-likeness (QED) is 0.449. The first-order valence-corrected chi connectivity index (χ1v) is 7.72. The summed E-state index contributed by atoms with van der Waals surface area (Å²) in [7, 11) is 1.28. The van der Waals surface area contributed by atoms with Crippen molar-refractivity contribution in [3.05, 3.63) is 36.2 Å². The molecule has 2 aromatic rings. The average molecular weight is 379 g/mol. The third kappa shape index (κ3) is 5.57. The zero-order chi connectivity index (χ0) is 20.0. The highest BCUT2D eigenvalue weighted by Gasteiger charge is 2.31. The summed E-state index contributed by atoms with van der Waals surface area (Å²) in [4.78, 5) is 7.52. The van der Waals surface area contributed by atoms with E-state index in [-0.39, 0.29) is 29.1 Å². The highest BCUT2D eigenvalue weighted by atomic mass is 19.4. The van der Waals surface area contributed by atoms with Crippen molar-refractivity contribution in [2.45, 2.75) is 26.1 Å². The molecule has 142 valence electrons. The first-order valence-electron chi connectivity index (χ1n) is 7.72. The largest absolute Gasteiger partial charge is 0.497 e. The third-order valence-electron chi connectivity index (χ3n) is 3.12. The Hall–Kier alpha value is -3.35. The second-order valence-electron chi connectivity index (χ2n) is 5.53. The fourth-order valence-corrected chi connectivity index (χ4v) is 2.02. The van der Waals surface area contributed by atoms with Gasteiger partial charge < -0.3 is 9.47 Å². The molecule has 27 heavy (non-hydrogen) atoms. The highest BCUT2D eigenvalue weighted by Crippen LogP contribution is 2.34. The van der Waals surface area contributed by atoms with Crippen LogP contribution in [0.3, 0.4) is 0 Å². The van der Waals surface area contributed by atoms with Crippen LogP contribution in [-0.2, 0) is 10.9 Å². The number of aliphatic imine (C=N–C) groups is 1. The SMILES string of the molecule is COc1cc(-c2ncn(/C=C/C(=NC#N)OC(C)C)n2)cc(C(F)(F)F)c1. The lowest BCUT2D eigenvalue weighted by atomic mass is 10.1. The number of hydrogen-bond acceptors (Lipinski definition) is 6. The molecule has 7 nitrogen and oxygen atoms in total. The summed E-state index contributed by atoms with van der Waals surface area (Å²) in [6, 6.07) is 3.24. The maximum Gasteiger partial charge on any atom is 0.416 e. The van der Waals surface area contributed by atoms with Crippen molar-refractivity contribution >= 4 is 12.1 Å². The van der Waals surface area contributed by atoms with Crippen LogP contribution in [0.4, 0.5) is 13.2 Å². The number of hydrogen-bond donors (Lipinski definition) is 0. The molecule has 0 saturated carbocycles. The van der Waals surface area contributed by atoms with Crippen LogP contribution in [0.15, 0.2) is 35.6 Å². The molecule has 0 aliphatic heterocycles. The minimum atomic E-state index is -4.53. The number of halogens is 3. The summed E-state index contributed by atoms with van der Waals surface area (Å²) in [5.74, 6) is 0.193. The van der Waals surface area contributed by atoms with Crippen molar-refractivity contribution in [3.63, 3.8) is 0 Å². The molecule has 10 heteroatoms. The molecule has 0 atom stereocenters. The molecule has 0 spiro atoms. The van der Waals surface area contributed by atoms with Gasteiger partial charge in [-0.3, -0.25) is 0 Å². The highest BCUT2D eigenvalue weighted by molar-refractivity contribution is 5.90. The minimum Gasteiger partial charge on any atom is -0.497 e. The van der Waals surface area contributed by atoms with Gasteiger partial charge in [-0.15, -0.1) is 10.1 Å². The van der Waals surface area contributed by atoms with Gasteiger partial charge in [0.25, 0.3) is 0 Å². The number of benzene rings is 1. The Balaban J connectivity index is 2.31. The molecule has 0 saturated heterocycles. The smallest absolute Gasteiger partial charge is 0.416 e. The molecule has 0 N–H and O–H groups in total. The fraction of sp³-hybridized carbons (Fsp3) is 0.294. The van der Waals surface area contributed by atoms with Gasteiger partial charge in [-0.25, -0.2) is 9.67 Å². The van der Waals surface area contributed by atoms with E-state index in [1.165, 1.54) is 36.5 Å². The van der Waals surface area contributed by atoms with Gasteiger partial charge in [-0.1, -0.05) is 0 Å². The average Bonchev–Trinajstić information content (AvgIpc) is 3.07. The lowest BCUT2D eigenvalue weighted by Gasteiger charge is -2.10. The number of nitrogens with zero attached hydrogens (tertiary/aromatic N) is 5. The Bertz CT molecular complexity index is 895. The van der Waals surface area contributed by atoms with Crippen LogP contribution in [0.5, 0.6) is 5.75 Å². The van der Waals surface area contributed by atoms with Crippen molar-refractivity contribution in [1.29, 1.82) is 5.26 Å². The van der Waals surface area contributed by atoms with Crippen LogP contribution >= 0.6 is 0 Å². The Kier molecular flexibility index (Phi) is 6.18. The molecule has 0 aliphatic carbocycles. The maximum absolute atomic E-state index is 13.0. The zero-order valence-corrected chi connectivity index (χ0v) is 14.7. The number of aromatic nitrogens is 3. The summed E-state index contributed by atoms with van der Waals surface area (Å²) >= 11 is 0. The van der Waals surface area contributed by atoms with Crippen molar-refractivity contribution < 1.29 is 22.6 Å². The van der Waals surface area contributed by atoms with Gasteiger partial charge >= 0.3 is 6.18 Å². The molecule has 0 aliphatic rings. The van der Waals surface area contributed by atoms with E-state index >= 15 is 0 Å². The van der Waals surface area contributed by atoms with Crippen LogP contribution in [-0.4, -0.2) is 33.9 Å². The zero-order valence-electron chi connectivity index (χ0n) is 14.7. The van der Waals surface area contributed by atoms with Crippen LogP contribution in [0.25, 0.3) is 17.6 Å². The Morgan fingerprint density at radius 3 is 2.67 bits per heavy atom. The molecule has 1 aromatic heterocycles. The maximum atomic E-state index is 13.0. The molecule has 0 amide bonds. The van der Waals surface area contributed by atoms with Gasteiger partial charge in [-0.2, -0.15) is 18.4 Å². The van der Waals surface area contributed by atoms with Crippen LogP contribution in [0, 0.1) is 11.5 Å². The monoisotopic (exact) mass is 379 g/mol. The van der Waals surface area contributed by atoms with Crippen molar-refractivity contribution in [3.8, 4) is 23.3 Å². The molecule has 0 unspecified atom stereocenters. The van der Waals surface area contributed by atoms with E-state index in [1.54, 1.807) is 20.0 Å². The molecular formula is C17H16F3N5O2. The molecule has 1 aromatic carbocycles. The van der Waals surface area contributed by atoms with Gasteiger partial charge in [0.1, 0.15) is 12.1 Å². The number of alkyl halides is 3. The van der Waals surface area contributed by atoms with E-state index in [2.05, 4.69) is 15.1 Å². The van der Waals surface area contributed by atoms with Crippen LogP contribution in [0.1, 0.15) is 19.4 Å². The molecule has 0 bridgehead atoms. The fourth-order valence-electron chi connectivity index (χ4n) is 2.02. The van der Waals surface area contributed by atoms with E-state index in [1.807, 2.05) is 0 Å². The molecule has 0 radical (unpaired) electrons. The number of rotatable bonds is 5. The molecule has 1 heterocycles. The Morgan fingerprint density at radius 1 is 1.33 bits per heavy atom. The Labute approximate surface area is 153 Å². The van der Waals surface area contributed by atoms with Crippen molar-refractivity contribution in [2.75, 3.05) is 7.11 Å². The summed E-state index contributed by atoms with van der Waals surface area (Å²) in [6.45, 7) is 3.55. The van der Waals surface area contributed by atoms with E-state index in [4.69, 9.17) is 14.7 Å². The van der Waals surface area contributed by atoms with Crippen molar-refractivity contribution in [2.24, 2.45) is 4.99 Å². The Morgan fingerprint density at radius 2 is 2.07 bits per heavy atom. The van der Waals surface area contributed by atoms with E-state index in [9.17, 15) is 13.2 Å². The molecule has 2 rings (SSSR count). The normalized spacial score (nSPS) is 12.4. The summed E-state index contributed by atoms with van der Waals surface area (Å²) in [6.07, 6.45) is 1.02. The number of nitriles is 1. The van der Waals surface area contributed by atoms with E-state index < -0.39 is 11.7 Å². The topological polar surface area (TPSA) is 85.3 Å². The van der Waals surface area contributed by atoms with Crippen LogP contribution in [0.2, 0.25) is 0 Å². The number of ether oxygens (including phenoxy) is 2. The standard InChI is InChI=1S/C17H16F3N5O2/c1-11(2)27-15(22-9-21)4-5-25-10-23-16(24-25)12-6-13(17(18,19)20)8-14(7-12)26-3/h4-8,10-11H,1-3H3/b5-4+,22-15?. The first kappa shape index (κ1) is 20.0. The van der Waals surface area contributed by atoms with Gasteiger partial charge in [0.05, 0.1) is 18.8 Å². The van der Waals surface area contributed by atoms with Gasteiger partial charge in [0.2, 0.25) is 12.1 Å². The van der Waals surface area contributed by atoms with E-state index in [0.29, 0.717) is 0 Å². The second-order valence-corrected chi connectivity index (χ2v) is 5.53. The van der Waals surface area contributed by atoms with Gasteiger partial charge in [-0.05, 0) is 32.0 Å². The predicted molar refractivity (Wildman–Crippen MR) is 91.6 cm³/mol. The van der Waals surface area contributed by atoms with E-state index in [0.717, 1.165) is 12.1 Å². The minimum absolute atomic E-state index is 0.0421. The summed E-state index contributed by atoms with van der Waals surface area (Å²) in [5.41, 5.74) is -0.712. The van der Waals surface area contributed by atoms with Gasteiger partial charge in [0, 0.05) is 17.8 Å². The lowest BCUT2D eigenvalue weighted by Crippen LogP contribution is -2.09. The predicted octanol–water partition coefficient (Wildman–Crippen LogP) is 3.75. The molecule has 0 fully saturated rings. The molecular weight excluding hydrogens is 363 g/mol. The van der Waals surface area contributed by atoms with Crippen LogP contribution < -0.4 is 4.74 Å². The number of methoxy groups -OCH3 is 1. The second kappa shape index (κ2) is 8.35. The summed E-state index contributed by atoms with van der Waals surface area (Å²) in [5, 5.41) is 12.7. The first-order chi connectivity index (χ1) is 12.7.